The van der Waals surface area contributed by atoms with Crippen LogP contribution in [-0.2, 0) is 0 Å². The molecule has 0 aromatic rings. The van der Waals surface area contributed by atoms with E-state index in [0.29, 0.717) is 0 Å². The minimum atomic E-state index is 0.985. The first kappa shape index (κ1) is 9.88. The quantitative estimate of drug-likeness (QED) is 0.334. The van der Waals surface area contributed by atoms with E-state index in [1.807, 2.05) is 18.9 Å². The van der Waals surface area contributed by atoms with Gasteiger partial charge in [0.2, 0.25) is 0 Å². The van der Waals surface area contributed by atoms with Crippen molar-refractivity contribution in [2.75, 3.05) is 26.2 Å². The second-order valence-corrected chi connectivity index (χ2v) is 2.29. The van der Waals surface area contributed by atoms with Gasteiger partial charge in [0.25, 0.3) is 0 Å². The van der Waals surface area contributed by atoms with Gasteiger partial charge in [0.05, 0.1) is 26.2 Å². The molecule has 1 heterocycles. The first-order valence-electron chi connectivity index (χ1n) is 3.95. The maximum absolute atomic E-state index is 5.49. The molecule has 1 saturated heterocycles. The number of rotatable bonds is 0. The zero-order chi connectivity index (χ0) is 7.98. The normalized spacial score (nSPS) is 21.6. The van der Waals surface area contributed by atoms with Gasteiger partial charge in [-0.05, 0) is 0 Å². The molecule has 10 heavy (non-hydrogen) atoms. The second kappa shape index (κ2) is 5.65. The highest BCUT2D eigenvalue weighted by atomic mass is 15.4. The minimum Gasteiger partial charge on any atom is -0.466 e. The van der Waals surface area contributed by atoms with Crippen molar-refractivity contribution < 1.29 is 4.90 Å². The topological polar surface area (TPSA) is 33.7 Å². The highest BCUT2D eigenvalue weighted by Crippen LogP contribution is 1.75. The average Bonchev–Trinajstić information content (AvgIpc) is 2.00. The van der Waals surface area contributed by atoms with E-state index >= 15 is 0 Å². The number of quaternary nitrogens is 1. The Bertz CT molecular complexity index is 57.3. The summed E-state index contributed by atoms with van der Waals surface area (Å²) in [7, 11) is 3.87. The maximum atomic E-state index is 5.49. The fourth-order valence-corrected chi connectivity index (χ4v) is 0.840. The van der Waals surface area contributed by atoms with Crippen LogP contribution in [0, 0.1) is 7.05 Å². The van der Waals surface area contributed by atoms with Crippen LogP contribution in [-0.4, -0.2) is 31.2 Å². The van der Waals surface area contributed by atoms with Crippen LogP contribution in [0.2, 0.25) is 0 Å². The number of piperazine rings is 1. The fraction of sp³-hybridized carbons (Fsp3) is 0.857. The molecule has 62 valence electrons. The van der Waals surface area contributed by atoms with Crippen molar-refractivity contribution in [3.63, 3.8) is 0 Å². The van der Waals surface area contributed by atoms with Gasteiger partial charge in [0, 0.05) is 0 Å². The summed E-state index contributed by atoms with van der Waals surface area (Å²) in [5.74, 6) is 5.49. The van der Waals surface area contributed by atoms with Crippen molar-refractivity contribution in [2.24, 2.45) is 5.84 Å². The Hall–Kier alpha value is -0.120. The standard InChI is InChI=1S/C5H13N3.C2H6/c1-7-2-4-8(6)5-3-7;1-2/h7H,1-6H2;1-2H3. The summed E-state index contributed by atoms with van der Waals surface area (Å²) in [6.45, 7) is 8.13. The maximum Gasteiger partial charge on any atom is 0.0674 e. The summed E-state index contributed by atoms with van der Waals surface area (Å²) in [5.41, 5.74) is 0. The summed E-state index contributed by atoms with van der Waals surface area (Å²) in [5, 5.41) is 1.84. The van der Waals surface area contributed by atoms with Crippen LogP contribution in [0.5, 0.6) is 0 Å². The van der Waals surface area contributed by atoms with Crippen LogP contribution >= 0.6 is 0 Å². The summed E-state index contributed by atoms with van der Waals surface area (Å²) in [6, 6.07) is 0. The third kappa shape index (κ3) is 3.82. The highest BCUT2D eigenvalue weighted by molar-refractivity contribution is 4.50. The van der Waals surface area contributed by atoms with Crippen LogP contribution in [0.15, 0.2) is 0 Å². The summed E-state index contributed by atoms with van der Waals surface area (Å²) < 4.78 is 0. The fourth-order valence-electron chi connectivity index (χ4n) is 0.840. The van der Waals surface area contributed by atoms with E-state index in [2.05, 4.69) is 7.05 Å². The number of hydrazine groups is 1. The molecular formula is C7H19N3. The predicted octanol–water partition coefficient (Wildman–Crippen LogP) is -1.12. The average molecular weight is 145 g/mol. The predicted molar refractivity (Wildman–Crippen MR) is 43.2 cm³/mol. The summed E-state index contributed by atoms with van der Waals surface area (Å²) in [6.07, 6.45) is 0. The Morgan fingerprint density at radius 1 is 1.30 bits per heavy atom. The van der Waals surface area contributed by atoms with Crippen molar-refractivity contribution in [2.45, 2.75) is 13.8 Å². The number of nitrogens with zero attached hydrogens (tertiary/aromatic N) is 1. The Balaban J connectivity index is 0.000000371. The molecule has 0 unspecified atom stereocenters. The molecule has 1 aliphatic heterocycles. The zero-order valence-electron chi connectivity index (χ0n) is 7.06. The summed E-state index contributed by atoms with van der Waals surface area (Å²) >= 11 is 0. The van der Waals surface area contributed by atoms with Crippen molar-refractivity contribution in [3.8, 4) is 0 Å². The number of hydrogen-bond acceptors (Lipinski definition) is 2. The monoisotopic (exact) mass is 145 g/mol. The van der Waals surface area contributed by atoms with Crippen molar-refractivity contribution >= 4 is 0 Å². The molecule has 3 N–H and O–H groups in total. The third-order valence-corrected chi connectivity index (χ3v) is 1.51. The Morgan fingerprint density at radius 3 is 2.00 bits per heavy atom. The lowest BCUT2D eigenvalue weighted by Crippen LogP contribution is -3.10. The van der Waals surface area contributed by atoms with Crippen molar-refractivity contribution in [1.82, 2.24) is 5.01 Å². The molecule has 0 aromatic heterocycles. The van der Waals surface area contributed by atoms with Gasteiger partial charge in [0.1, 0.15) is 0 Å². The molecule has 0 bridgehead atoms. The van der Waals surface area contributed by atoms with E-state index in [9.17, 15) is 0 Å². The molecule has 0 amide bonds. The van der Waals surface area contributed by atoms with Crippen LogP contribution in [0.3, 0.4) is 0 Å². The minimum absolute atomic E-state index is 0.985. The SMILES string of the molecule is CC.[CH2-][NH+]1CCN(N)CC1. The molecule has 0 atom stereocenters. The number of hydrogen-bond donors (Lipinski definition) is 2. The molecule has 0 aromatic carbocycles. The van der Waals surface area contributed by atoms with Gasteiger partial charge >= 0.3 is 0 Å². The summed E-state index contributed by atoms with van der Waals surface area (Å²) in [4.78, 5) is 1.34. The lowest BCUT2D eigenvalue weighted by molar-refractivity contribution is -0.858. The van der Waals surface area contributed by atoms with Gasteiger partial charge in [-0.1, -0.05) is 13.8 Å². The molecule has 3 heteroatoms. The molecule has 1 fully saturated rings. The van der Waals surface area contributed by atoms with Gasteiger partial charge in [-0.3, -0.25) is 5.84 Å². The first-order valence-corrected chi connectivity index (χ1v) is 3.95. The van der Waals surface area contributed by atoms with Crippen molar-refractivity contribution in [1.29, 1.82) is 0 Å². The zero-order valence-corrected chi connectivity index (χ0v) is 7.06. The number of nitrogens with one attached hydrogen (secondary N) is 1. The molecule has 1 rings (SSSR count). The molecule has 0 aliphatic carbocycles. The van der Waals surface area contributed by atoms with Gasteiger partial charge in [-0.2, -0.15) is 7.05 Å². The second-order valence-electron chi connectivity index (χ2n) is 2.29. The van der Waals surface area contributed by atoms with E-state index in [0.717, 1.165) is 26.2 Å². The van der Waals surface area contributed by atoms with E-state index in [1.165, 1.54) is 4.90 Å². The third-order valence-electron chi connectivity index (χ3n) is 1.51. The van der Waals surface area contributed by atoms with Crippen LogP contribution < -0.4 is 10.7 Å². The molecule has 3 nitrogen and oxygen atoms in total. The van der Waals surface area contributed by atoms with Crippen molar-refractivity contribution in [3.05, 3.63) is 7.05 Å². The van der Waals surface area contributed by atoms with Crippen LogP contribution in [0.4, 0.5) is 0 Å². The molecular weight excluding hydrogens is 126 g/mol. The van der Waals surface area contributed by atoms with Crippen LogP contribution in [0.25, 0.3) is 0 Å². The Morgan fingerprint density at radius 2 is 1.70 bits per heavy atom. The Kier molecular flexibility index (Phi) is 5.58. The molecule has 0 saturated carbocycles. The van der Waals surface area contributed by atoms with E-state index in [-0.39, 0.29) is 0 Å². The van der Waals surface area contributed by atoms with Gasteiger partial charge in [0.15, 0.2) is 0 Å². The van der Waals surface area contributed by atoms with E-state index in [4.69, 9.17) is 5.84 Å². The van der Waals surface area contributed by atoms with Gasteiger partial charge in [-0.25, -0.2) is 5.01 Å². The lowest BCUT2D eigenvalue weighted by Gasteiger charge is -2.30. The molecule has 0 radical (unpaired) electrons. The molecule has 1 aliphatic rings. The number of nitrogens with two attached hydrogens (primary N) is 1. The highest BCUT2D eigenvalue weighted by Gasteiger charge is 2.08. The lowest BCUT2D eigenvalue weighted by atomic mass is 10.4. The van der Waals surface area contributed by atoms with E-state index < -0.39 is 0 Å². The van der Waals surface area contributed by atoms with Gasteiger partial charge < -0.3 is 4.90 Å². The van der Waals surface area contributed by atoms with E-state index in [1.54, 1.807) is 0 Å². The van der Waals surface area contributed by atoms with Gasteiger partial charge in [-0.15, -0.1) is 0 Å². The first-order chi connectivity index (χ1) is 4.79. The smallest absolute Gasteiger partial charge is 0.0674 e. The molecule has 0 spiro atoms. The van der Waals surface area contributed by atoms with Crippen LogP contribution in [0.1, 0.15) is 13.8 Å². The largest absolute Gasteiger partial charge is 0.466 e. The Labute approximate surface area is 63.8 Å².